The van der Waals surface area contributed by atoms with Gasteiger partial charge in [-0.25, -0.2) is 14.4 Å². The molecule has 0 aromatic heterocycles. The lowest BCUT2D eigenvalue weighted by Crippen LogP contribution is -2.44. The van der Waals surface area contributed by atoms with Gasteiger partial charge in [0, 0.05) is 31.5 Å². The smallest absolute Gasteiger partial charge is 0.490 e. The van der Waals surface area contributed by atoms with Gasteiger partial charge in [0.25, 0.3) is 0 Å². The number of likely N-dealkylation sites (tertiary alicyclic amines) is 1. The summed E-state index contributed by atoms with van der Waals surface area (Å²) >= 11 is 0. The summed E-state index contributed by atoms with van der Waals surface area (Å²) in [7, 11) is 0. The number of rotatable bonds is 8. The average molecular weight is 670 g/mol. The summed E-state index contributed by atoms with van der Waals surface area (Å²) in [4.78, 5) is 31.8. The SMILES string of the molecule is N=C(N)c1ccc(O)c(OCCOC(=O)c2ccc(OC3CCN(C(=N)N)CC3)cc2)c1.O=C(O)C(F)(F)F.O=C(O)C(F)(F)F. The number of carboxylic acid groups (broad SMARTS) is 2. The number of nitrogens with two attached hydrogens (primary N) is 2. The molecule has 0 radical (unpaired) electrons. The number of alkyl halides is 6. The number of hydrogen-bond donors (Lipinski definition) is 7. The van der Waals surface area contributed by atoms with Crippen LogP contribution in [0.3, 0.4) is 0 Å². The molecular weight excluding hydrogens is 640 g/mol. The van der Waals surface area contributed by atoms with E-state index in [0.29, 0.717) is 30.0 Å². The first-order valence-electron chi connectivity index (χ1n) is 12.7. The maximum Gasteiger partial charge on any atom is 0.490 e. The first kappa shape index (κ1) is 38.6. The standard InChI is InChI=1S/C22H27N5O5.2C2HF3O2/c23-20(24)15-3-6-18(28)19(13-15)30-11-12-31-21(29)14-1-4-16(5-2-14)32-17-7-9-27(10-8-17)22(25)26;2*3-2(4,5)1(6)7/h1-6,13,17,28H,7-12H2,(H3,23,24)(H3,25,26);2*(H,6,7). The second-order valence-electron chi connectivity index (χ2n) is 8.90. The number of aromatic hydroxyl groups is 1. The number of carbonyl (C=O) groups is 3. The largest absolute Gasteiger partial charge is 0.504 e. The number of aliphatic carboxylic acids is 2. The van der Waals surface area contributed by atoms with E-state index in [0.717, 1.165) is 12.8 Å². The zero-order valence-corrected chi connectivity index (χ0v) is 23.5. The first-order chi connectivity index (χ1) is 21.2. The Morgan fingerprint density at radius 3 is 1.76 bits per heavy atom. The van der Waals surface area contributed by atoms with Crippen molar-refractivity contribution < 1.29 is 70.3 Å². The Hall–Kier alpha value is -5.43. The maximum absolute atomic E-state index is 12.2. The molecule has 1 fully saturated rings. The van der Waals surface area contributed by atoms with E-state index in [1.54, 1.807) is 24.3 Å². The number of piperidine rings is 1. The second-order valence-corrected chi connectivity index (χ2v) is 8.90. The number of benzene rings is 2. The van der Waals surface area contributed by atoms with Crippen molar-refractivity contribution in [2.75, 3.05) is 26.3 Å². The Morgan fingerprint density at radius 2 is 1.33 bits per heavy atom. The number of phenolic OH excluding ortho intramolecular Hbond substituents is 1. The number of esters is 1. The van der Waals surface area contributed by atoms with Crippen LogP contribution in [0.1, 0.15) is 28.8 Å². The lowest BCUT2D eigenvalue weighted by molar-refractivity contribution is -0.193. The molecule has 1 aliphatic rings. The molecule has 1 aliphatic heterocycles. The highest BCUT2D eigenvalue weighted by Crippen LogP contribution is 2.26. The van der Waals surface area contributed by atoms with Crippen molar-refractivity contribution in [3.63, 3.8) is 0 Å². The van der Waals surface area contributed by atoms with Crippen LogP contribution in [0.2, 0.25) is 0 Å². The van der Waals surface area contributed by atoms with Crippen molar-refractivity contribution in [2.24, 2.45) is 11.5 Å². The third-order valence-corrected chi connectivity index (χ3v) is 5.51. The van der Waals surface area contributed by atoms with Gasteiger partial charge < -0.3 is 45.9 Å². The Kier molecular flexibility index (Phi) is 14.4. The minimum atomic E-state index is -5.08. The Bertz CT molecular complexity index is 1340. The molecule has 0 bridgehead atoms. The summed E-state index contributed by atoms with van der Waals surface area (Å²) in [5.41, 5.74) is 11.7. The number of hydrogen-bond acceptors (Lipinski definition) is 9. The van der Waals surface area contributed by atoms with Crippen LogP contribution in [0.15, 0.2) is 42.5 Å². The molecule has 1 heterocycles. The second kappa shape index (κ2) is 17.2. The van der Waals surface area contributed by atoms with Gasteiger partial charge >= 0.3 is 30.3 Å². The fourth-order valence-corrected chi connectivity index (χ4v) is 3.24. The molecule has 0 saturated carbocycles. The van der Waals surface area contributed by atoms with Gasteiger partial charge in [-0.1, -0.05) is 0 Å². The van der Waals surface area contributed by atoms with E-state index in [2.05, 4.69) is 0 Å². The number of guanidine groups is 1. The summed E-state index contributed by atoms with van der Waals surface area (Å²) in [6.45, 7) is 1.38. The van der Waals surface area contributed by atoms with Crippen LogP contribution in [-0.4, -0.2) is 94.7 Å². The Labute approximate surface area is 256 Å². The molecule has 0 atom stereocenters. The highest BCUT2D eigenvalue weighted by atomic mass is 19.4. The number of phenols is 1. The number of nitrogens with zero attached hydrogens (tertiary/aromatic N) is 1. The van der Waals surface area contributed by atoms with Gasteiger partial charge in [-0.3, -0.25) is 10.8 Å². The lowest BCUT2D eigenvalue weighted by atomic mass is 10.1. The monoisotopic (exact) mass is 669 g/mol. The summed E-state index contributed by atoms with van der Waals surface area (Å²) in [5.74, 6) is -5.36. The lowest BCUT2D eigenvalue weighted by Gasteiger charge is -2.32. The third-order valence-electron chi connectivity index (χ3n) is 5.51. The van der Waals surface area contributed by atoms with Gasteiger partial charge in [0.1, 0.15) is 30.9 Å². The first-order valence-corrected chi connectivity index (χ1v) is 12.7. The Morgan fingerprint density at radius 1 is 0.848 bits per heavy atom. The molecule has 20 heteroatoms. The molecule has 0 amide bonds. The molecular formula is C26H29F6N5O9. The van der Waals surface area contributed by atoms with E-state index < -0.39 is 30.3 Å². The minimum absolute atomic E-state index is 0.0183. The Balaban J connectivity index is 0.000000629. The predicted octanol–water partition coefficient (Wildman–Crippen LogP) is 2.92. The average Bonchev–Trinajstić information content (AvgIpc) is 2.96. The maximum atomic E-state index is 12.2. The van der Waals surface area contributed by atoms with Crippen LogP contribution in [-0.2, 0) is 14.3 Å². The molecule has 254 valence electrons. The topological polar surface area (TPSA) is 243 Å². The van der Waals surface area contributed by atoms with E-state index >= 15 is 0 Å². The van der Waals surface area contributed by atoms with Crippen LogP contribution < -0.4 is 20.9 Å². The highest BCUT2D eigenvalue weighted by molar-refractivity contribution is 5.95. The number of carbonyl (C=O) groups excluding carboxylic acids is 1. The van der Waals surface area contributed by atoms with Gasteiger partial charge in [-0.2, -0.15) is 26.3 Å². The van der Waals surface area contributed by atoms with Crippen molar-refractivity contribution in [1.82, 2.24) is 4.90 Å². The number of ether oxygens (including phenoxy) is 3. The van der Waals surface area contributed by atoms with Crippen molar-refractivity contribution >= 4 is 29.7 Å². The fourth-order valence-electron chi connectivity index (χ4n) is 3.24. The van der Waals surface area contributed by atoms with Crippen LogP contribution in [0.4, 0.5) is 26.3 Å². The summed E-state index contributed by atoms with van der Waals surface area (Å²) in [6, 6.07) is 11.0. The van der Waals surface area contributed by atoms with Gasteiger partial charge in [0.2, 0.25) is 0 Å². The van der Waals surface area contributed by atoms with E-state index in [4.69, 9.17) is 56.3 Å². The number of nitrogen functional groups attached to an aromatic ring is 1. The fraction of sp³-hybridized carbons (Fsp3) is 0.346. The summed E-state index contributed by atoms with van der Waals surface area (Å²) < 4.78 is 80.0. The van der Waals surface area contributed by atoms with Crippen molar-refractivity contribution in [1.29, 1.82) is 10.8 Å². The third kappa shape index (κ3) is 13.9. The summed E-state index contributed by atoms with van der Waals surface area (Å²) in [5, 5.41) is 39.0. The molecule has 2 aromatic carbocycles. The van der Waals surface area contributed by atoms with Crippen molar-refractivity contribution in [3.8, 4) is 17.2 Å². The number of nitrogens with one attached hydrogen (secondary N) is 2. The normalized spacial score (nSPS) is 13.1. The molecule has 0 aliphatic carbocycles. The van der Waals surface area contributed by atoms with Crippen molar-refractivity contribution in [3.05, 3.63) is 53.6 Å². The van der Waals surface area contributed by atoms with Crippen LogP contribution in [0.5, 0.6) is 17.2 Å². The van der Waals surface area contributed by atoms with E-state index in [-0.39, 0.29) is 42.6 Å². The van der Waals surface area contributed by atoms with E-state index in [1.807, 2.05) is 4.90 Å². The number of halogens is 6. The number of amidine groups is 1. The minimum Gasteiger partial charge on any atom is -0.504 e. The molecule has 14 nitrogen and oxygen atoms in total. The molecule has 3 rings (SSSR count). The zero-order valence-electron chi connectivity index (χ0n) is 23.5. The van der Waals surface area contributed by atoms with Crippen LogP contribution in [0, 0.1) is 10.8 Å². The van der Waals surface area contributed by atoms with Gasteiger partial charge in [-0.05, 0) is 42.5 Å². The molecule has 9 N–H and O–H groups in total. The highest BCUT2D eigenvalue weighted by Gasteiger charge is 2.38. The van der Waals surface area contributed by atoms with E-state index in [1.165, 1.54) is 18.2 Å². The quantitative estimate of drug-likeness (QED) is 0.0706. The van der Waals surface area contributed by atoms with Gasteiger partial charge in [0.05, 0.1) is 5.56 Å². The van der Waals surface area contributed by atoms with Crippen LogP contribution in [0.25, 0.3) is 0 Å². The molecule has 0 spiro atoms. The summed E-state index contributed by atoms with van der Waals surface area (Å²) in [6.07, 6.45) is -8.58. The molecule has 1 saturated heterocycles. The van der Waals surface area contributed by atoms with Gasteiger partial charge in [-0.15, -0.1) is 0 Å². The number of carboxylic acids is 2. The predicted molar refractivity (Wildman–Crippen MR) is 146 cm³/mol. The van der Waals surface area contributed by atoms with Gasteiger partial charge in [0.15, 0.2) is 17.5 Å². The van der Waals surface area contributed by atoms with Crippen LogP contribution >= 0.6 is 0 Å². The van der Waals surface area contributed by atoms with Crippen molar-refractivity contribution in [2.45, 2.75) is 31.3 Å². The molecule has 2 aromatic rings. The van der Waals surface area contributed by atoms with E-state index in [9.17, 15) is 36.2 Å². The molecule has 46 heavy (non-hydrogen) atoms. The zero-order chi connectivity index (χ0) is 35.2. The molecule has 0 unspecified atom stereocenters.